The van der Waals surface area contributed by atoms with Crippen LogP contribution in [0.25, 0.3) is 22.0 Å². The highest BCUT2D eigenvalue weighted by atomic mass is 16.3. The number of rotatable bonds is 2. The summed E-state index contributed by atoms with van der Waals surface area (Å²) >= 11 is 0. The molecule has 104 valence electrons. The van der Waals surface area contributed by atoms with Gasteiger partial charge < -0.3 is 14.7 Å². The third-order valence-electron chi connectivity index (χ3n) is 3.69. The standard InChI is InChI=1S/C17H15N3O/c1-11-2-5-15-12(8-11)6-7-20(15)10-17-19-14-4-3-13(18)9-16(14)21-17/h2-9H,10,18H2,1H3. The van der Waals surface area contributed by atoms with Crippen LogP contribution in [0.5, 0.6) is 0 Å². The lowest BCUT2D eigenvalue weighted by atomic mass is 10.2. The van der Waals surface area contributed by atoms with E-state index in [1.54, 1.807) is 0 Å². The fraction of sp³-hybridized carbons (Fsp3) is 0.118. The number of hydrogen-bond acceptors (Lipinski definition) is 3. The van der Waals surface area contributed by atoms with Crippen LogP contribution in [0.15, 0.2) is 53.1 Å². The van der Waals surface area contributed by atoms with Crippen LogP contribution in [0.4, 0.5) is 5.69 Å². The highest BCUT2D eigenvalue weighted by Crippen LogP contribution is 2.22. The smallest absolute Gasteiger partial charge is 0.215 e. The molecule has 0 unspecified atom stereocenters. The molecule has 0 bridgehead atoms. The van der Waals surface area contributed by atoms with Crippen molar-refractivity contribution in [2.24, 2.45) is 0 Å². The zero-order valence-electron chi connectivity index (χ0n) is 11.7. The SMILES string of the molecule is Cc1ccc2c(ccn2Cc2nc3ccc(N)cc3o2)c1. The lowest BCUT2D eigenvalue weighted by molar-refractivity contribution is 0.513. The molecule has 0 aliphatic rings. The topological polar surface area (TPSA) is 57.0 Å². The summed E-state index contributed by atoms with van der Waals surface area (Å²) < 4.78 is 7.92. The number of aromatic nitrogens is 2. The predicted octanol–water partition coefficient (Wildman–Crippen LogP) is 3.72. The molecule has 21 heavy (non-hydrogen) atoms. The van der Waals surface area contributed by atoms with Crippen molar-refractivity contribution in [3.8, 4) is 0 Å². The maximum absolute atomic E-state index is 5.78. The molecule has 2 heterocycles. The van der Waals surface area contributed by atoms with Crippen molar-refractivity contribution < 1.29 is 4.42 Å². The summed E-state index contributed by atoms with van der Waals surface area (Å²) in [4.78, 5) is 4.51. The second kappa shape index (κ2) is 4.38. The molecule has 0 saturated carbocycles. The Morgan fingerprint density at radius 3 is 2.95 bits per heavy atom. The average molecular weight is 277 g/mol. The van der Waals surface area contributed by atoms with Gasteiger partial charge in [-0.1, -0.05) is 11.6 Å². The third kappa shape index (κ3) is 2.05. The van der Waals surface area contributed by atoms with Gasteiger partial charge in [0.25, 0.3) is 0 Å². The Hall–Kier alpha value is -2.75. The number of nitrogens with zero attached hydrogens (tertiary/aromatic N) is 2. The number of hydrogen-bond donors (Lipinski definition) is 1. The molecule has 0 spiro atoms. The quantitative estimate of drug-likeness (QED) is 0.568. The Balaban J connectivity index is 1.75. The molecule has 0 saturated heterocycles. The molecule has 0 atom stereocenters. The van der Waals surface area contributed by atoms with E-state index >= 15 is 0 Å². The molecule has 2 aromatic carbocycles. The van der Waals surface area contributed by atoms with Crippen molar-refractivity contribution in [1.82, 2.24) is 9.55 Å². The van der Waals surface area contributed by atoms with E-state index in [-0.39, 0.29) is 0 Å². The molecule has 0 amide bonds. The average Bonchev–Trinajstić information content (AvgIpc) is 3.02. The van der Waals surface area contributed by atoms with Crippen LogP contribution in [0, 0.1) is 6.92 Å². The van der Waals surface area contributed by atoms with E-state index in [0.29, 0.717) is 18.1 Å². The van der Waals surface area contributed by atoms with E-state index in [1.165, 1.54) is 16.5 Å². The van der Waals surface area contributed by atoms with Gasteiger partial charge in [0.2, 0.25) is 5.89 Å². The lowest BCUT2D eigenvalue weighted by Gasteiger charge is -2.02. The van der Waals surface area contributed by atoms with E-state index < -0.39 is 0 Å². The van der Waals surface area contributed by atoms with Crippen molar-refractivity contribution in [1.29, 1.82) is 0 Å². The fourth-order valence-corrected chi connectivity index (χ4v) is 2.66. The van der Waals surface area contributed by atoms with E-state index in [9.17, 15) is 0 Å². The number of fused-ring (bicyclic) bond motifs is 2. The lowest BCUT2D eigenvalue weighted by Crippen LogP contribution is -1.97. The van der Waals surface area contributed by atoms with E-state index in [1.807, 2.05) is 18.2 Å². The fourth-order valence-electron chi connectivity index (χ4n) is 2.66. The number of oxazole rings is 1. The van der Waals surface area contributed by atoms with Gasteiger partial charge in [-0.25, -0.2) is 4.98 Å². The van der Waals surface area contributed by atoms with Crippen LogP contribution in [0.3, 0.4) is 0 Å². The van der Waals surface area contributed by atoms with E-state index in [2.05, 4.69) is 46.9 Å². The summed E-state index contributed by atoms with van der Waals surface area (Å²) in [5.74, 6) is 0.689. The first-order valence-corrected chi connectivity index (χ1v) is 6.89. The Morgan fingerprint density at radius 2 is 2.05 bits per heavy atom. The van der Waals surface area contributed by atoms with Gasteiger partial charge in [-0.15, -0.1) is 0 Å². The van der Waals surface area contributed by atoms with Crippen LogP contribution < -0.4 is 5.73 Å². The molecule has 0 radical (unpaired) electrons. The Labute approximate surface area is 121 Å². The van der Waals surface area contributed by atoms with Crippen molar-refractivity contribution in [3.63, 3.8) is 0 Å². The Morgan fingerprint density at radius 1 is 1.14 bits per heavy atom. The van der Waals surface area contributed by atoms with Crippen LogP contribution >= 0.6 is 0 Å². The molecule has 2 N–H and O–H groups in total. The van der Waals surface area contributed by atoms with Gasteiger partial charge in [0, 0.05) is 23.5 Å². The molecule has 0 fully saturated rings. The number of aryl methyl sites for hydroxylation is 1. The van der Waals surface area contributed by atoms with Gasteiger partial charge in [0.15, 0.2) is 5.58 Å². The van der Waals surface area contributed by atoms with Gasteiger partial charge in [-0.2, -0.15) is 0 Å². The van der Waals surface area contributed by atoms with Crippen LogP contribution in [-0.2, 0) is 6.54 Å². The summed E-state index contributed by atoms with van der Waals surface area (Å²) in [5, 5.41) is 1.23. The van der Waals surface area contributed by atoms with E-state index in [0.717, 1.165) is 11.1 Å². The van der Waals surface area contributed by atoms with Crippen LogP contribution in [0.1, 0.15) is 11.5 Å². The van der Waals surface area contributed by atoms with Gasteiger partial charge in [0.05, 0.1) is 6.54 Å². The van der Waals surface area contributed by atoms with Crippen molar-refractivity contribution in [2.45, 2.75) is 13.5 Å². The Bertz CT molecular complexity index is 949. The summed E-state index contributed by atoms with van der Waals surface area (Å²) in [6, 6.07) is 14.1. The van der Waals surface area contributed by atoms with Gasteiger partial charge in [-0.3, -0.25) is 0 Å². The van der Waals surface area contributed by atoms with E-state index in [4.69, 9.17) is 10.2 Å². The first kappa shape index (κ1) is 12.0. The van der Waals surface area contributed by atoms with Crippen molar-refractivity contribution in [3.05, 3.63) is 60.1 Å². The number of nitrogen functional groups attached to an aromatic ring is 1. The molecular weight excluding hydrogens is 262 g/mol. The maximum atomic E-state index is 5.78. The Kier molecular flexibility index (Phi) is 2.51. The van der Waals surface area contributed by atoms with Gasteiger partial charge in [0.1, 0.15) is 5.52 Å². The van der Waals surface area contributed by atoms with Gasteiger partial charge in [-0.05, 0) is 42.6 Å². The largest absolute Gasteiger partial charge is 0.439 e. The first-order valence-electron chi connectivity index (χ1n) is 6.89. The summed E-state index contributed by atoms with van der Waals surface area (Å²) in [5.41, 5.74) is 10.5. The molecule has 4 aromatic rings. The number of nitrogens with two attached hydrogens (primary N) is 1. The van der Waals surface area contributed by atoms with Crippen LogP contribution in [0.2, 0.25) is 0 Å². The highest BCUT2D eigenvalue weighted by Gasteiger charge is 2.08. The van der Waals surface area contributed by atoms with Crippen molar-refractivity contribution in [2.75, 3.05) is 5.73 Å². The summed E-state index contributed by atoms with van der Waals surface area (Å²) in [6.45, 7) is 2.71. The molecule has 0 aliphatic carbocycles. The second-order valence-corrected chi connectivity index (χ2v) is 5.34. The minimum atomic E-state index is 0.612. The van der Waals surface area contributed by atoms with Crippen molar-refractivity contribution >= 4 is 27.7 Å². The minimum Gasteiger partial charge on any atom is -0.439 e. The minimum absolute atomic E-state index is 0.612. The molecule has 0 aliphatic heterocycles. The first-order chi connectivity index (χ1) is 10.2. The predicted molar refractivity (Wildman–Crippen MR) is 84.2 cm³/mol. The van der Waals surface area contributed by atoms with Crippen LogP contribution in [-0.4, -0.2) is 9.55 Å². The van der Waals surface area contributed by atoms with Gasteiger partial charge >= 0.3 is 0 Å². The second-order valence-electron chi connectivity index (χ2n) is 5.34. The summed E-state index contributed by atoms with van der Waals surface area (Å²) in [6.07, 6.45) is 2.06. The third-order valence-corrected chi connectivity index (χ3v) is 3.69. The number of benzene rings is 2. The maximum Gasteiger partial charge on any atom is 0.215 e. The zero-order valence-corrected chi connectivity index (χ0v) is 11.7. The zero-order chi connectivity index (χ0) is 14.4. The molecule has 2 aromatic heterocycles. The number of anilines is 1. The summed E-state index contributed by atoms with van der Waals surface area (Å²) in [7, 11) is 0. The molecule has 4 heteroatoms. The normalized spacial score (nSPS) is 11.5. The molecular formula is C17H15N3O. The highest BCUT2D eigenvalue weighted by molar-refractivity contribution is 5.81. The molecule has 4 nitrogen and oxygen atoms in total. The monoisotopic (exact) mass is 277 g/mol. The molecule has 4 rings (SSSR count).